The van der Waals surface area contributed by atoms with Crippen molar-refractivity contribution in [2.24, 2.45) is 0 Å². The number of ether oxygens (including phenoxy) is 1. The van der Waals surface area contributed by atoms with Gasteiger partial charge in [-0.3, -0.25) is 0 Å². The number of hydrogen-bond donors (Lipinski definition) is 0. The molecule has 1 aromatic heterocycles. The number of nitrogens with zero attached hydrogens (tertiary/aromatic N) is 2. The molecule has 0 fully saturated rings. The molecule has 1 aromatic rings. The van der Waals surface area contributed by atoms with E-state index in [1.807, 2.05) is 0 Å². The number of rotatable bonds is 3. The Morgan fingerprint density at radius 3 is 2.69 bits per heavy atom. The highest BCUT2D eigenvalue weighted by atomic mass is 35.5. The van der Waals surface area contributed by atoms with E-state index < -0.39 is 12.0 Å². The monoisotopic (exact) mass is 252 g/mol. The average Bonchev–Trinajstić information content (AvgIpc) is 2.16. The van der Waals surface area contributed by atoms with E-state index >= 15 is 0 Å². The Bertz CT molecular complexity index is 393. The first-order valence-electron chi connectivity index (χ1n) is 4.29. The fraction of sp³-hybridized carbons (Fsp3) is 0.333. The summed E-state index contributed by atoms with van der Waals surface area (Å²) in [6.45, 7) is 1.89. The smallest absolute Gasteiger partial charge is 0.451 e. The van der Waals surface area contributed by atoms with Crippen LogP contribution in [-0.2, 0) is 6.18 Å². The fourth-order valence-corrected chi connectivity index (χ4v) is 1.00. The third kappa shape index (κ3) is 3.69. The molecular formula is C9H8ClF3N2O. The predicted molar refractivity (Wildman–Crippen MR) is 52.4 cm³/mol. The zero-order valence-electron chi connectivity index (χ0n) is 8.25. The van der Waals surface area contributed by atoms with E-state index in [4.69, 9.17) is 16.3 Å². The molecule has 0 atom stereocenters. The minimum absolute atomic E-state index is 0.126. The van der Waals surface area contributed by atoms with Gasteiger partial charge in [-0.25, -0.2) is 4.98 Å². The summed E-state index contributed by atoms with van der Waals surface area (Å²) < 4.78 is 41.8. The van der Waals surface area contributed by atoms with Crippen LogP contribution in [0.25, 0.3) is 0 Å². The number of aromatic nitrogens is 2. The Balaban J connectivity index is 2.90. The maximum Gasteiger partial charge on any atom is 0.451 e. The van der Waals surface area contributed by atoms with Gasteiger partial charge in [0.05, 0.1) is 0 Å². The van der Waals surface area contributed by atoms with Crippen molar-refractivity contribution in [2.75, 3.05) is 6.61 Å². The van der Waals surface area contributed by atoms with Crippen LogP contribution < -0.4 is 4.74 Å². The van der Waals surface area contributed by atoms with E-state index in [9.17, 15) is 13.2 Å². The third-order valence-corrected chi connectivity index (χ3v) is 1.68. The molecule has 0 aromatic carbocycles. The molecule has 0 aliphatic heterocycles. The summed E-state index contributed by atoms with van der Waals surface area (Å²) >= 11 is 5.42. The van der Waals surface area contributed by atoms with E-state index in [2.05, 4.69) is 9.97 Å². The number of allylic oxidation sites excluding steroid dienone is 1. The summed E-state index contributed by atoms with van der Waals surface area (Å²) in [5.74, 6) is -1.51. The minimum atomic E-state index is -4.64. The summed E-state index contributed by atoms with van der Waals surface area (Å²) in [6.07, 6.45) is -1.31. The van der Waals surface area contributed by atoms with Gasteiger partial charge < -0.3 is 4.74 Å². The van der Waals surface area contributed by atoms with Crippen molar-refractivity contribution in [3.05, 3.63) is 29.2 Å². The Labute approximate surface area is 94.9 Å². The minimum Gasteiger partial charge on any atom is -0.473 e. The molecule has 0 saturated carbocycles. The summed E-state index contributed by atoms with van der Waals surface area (Å²) in [6, 6.07) is 1.13. The maximum atomic E-state index is 12.3. The molecule has 0 saturated heterocycles. The van der Waals surface area contributed by atoms with Crippen LogP contribution in [0.4, 0.5) is 13.2 Å². The van der Waals surface area contributed by atoms with Gasteiger partial charge in [-0.2, -0.15) is 18.2 Å². The van der Waals surface area contributed by atoms with Gasteiger partial charge in [-0.15, -0.1) is 0 Å². The van der Waals surface area contributed by atoms with Crippen LogP contribution in [0.2, 0.25) is 5.15 Å². The summed E-state index contributed by atoms with van der Waals surface area (Å²) in [4.78, 5) is 6.26. The largest absolute Gasteiger partial charge is 0.473 e. The summed E-state index contributed by atoms with van der Waals surface area (Å²) in [5, 5.41) is -0.308. The molecule has 0 radical (unpaired) electrons. The van der Waals surface area contributed by atoms with E-state index in [0.717, 1.165) is 6.07 Å². The third-order valence-electron chi connectivity index (χ3n) is 1.49. The van der Waals surface area contributed by atoms with Gasteiger partial charge in [0, 0.05) is 6.07 Å². The molecule has 0 aliphatic carbocycles. The Kier molecular flexibility index (Phi) is 4.12. The lowest BCUT2D eigenvalue weighted by Crippen LogP contribution is -2.12. The van der Waals surface area contributed by atoms with Gasteiger partial charge in [0.1, 0.15) is 11.8 Å². The van der Waals surface area contributed by atoms with E-state index in [1.165, 1.54) is 0 Å². The first-order chi connectivity index (χ1) is 7.43. The molecule has 88 valence electrons. The molecule has 16 heavy (non-hydrogen) atoms. The molecule has 1 rings (SSSR count). The van der Waals surface area contributed by atoms with Crippen molar-refractivity contribution < 1.29 is 17.9 Å². The highest BCUT2D eigenvalue weighted by molar-refractivity contribution is 6.29. The van der Waals surface area contributed by atoms with Gasteiger partial charge in [0.15, 0.2) is 0 Å². The van der Waals surface area contributed by atoms with Crippen molar-refractivity contribution in [1.82, 2.24) is 9.97 Å². The zero-order valence-corrected chi connectivity index (χ0v) is 9.01. The van der Waals surface area contributed by atoms with Crippen molar-refractivity contribution in [1.29, 1.82) is 0 Å². The quantitative estimate of drug-likeness (QED) is 0.612. The van der Waals surface area contributed by atoms with Crippen LogP contribution in [0.3, 0.4) is 0 Å². The topological polar surface area (TPSA) is 35.0 Å². The lowest BCUT2D eigenvalue weighted by atomic mass is 10.5. The predicted octanol–water partition coefficient (Wildman–Crippen LogP) is 3.10. The zero-order chi connectivity index (χ0) is 12.2. The molecule has 0 aliphatic rings. The lowest BCUT2D eigenvalue weighted by Gasteiger charge is -2.07. The number of alkyl halides is 3. The Morgan fingerprint density at radius 1 is 1.44 bits per heavy atom. The molecule has 0 amide bonds. The van der Waals surface area contributed by atoms with E-state index in [-0.39, 0.29) is 17.6 Å². The van der Waals surface area contributed by atoms with Gasteiger partial charge in [-0.1, -0.05) is 23.8 Å². The lowest BCUT2D eigenvalue weighted by molar-refractivity contribution is -0.145. The SMILES string of the molecule is C/C=C/COc1cc(Cl)nc(C(F)(F)F)n1. The molecule has 1 heterocycles. The highest BCUT2D eigenvalue weighted by Gasteiger charge is 2.35. The number of halogens is 4. The molecule has 0 spiro atoms. The fourth-order valence-electron chi connectivity index (χ4n) is 0.827. The van der Waals surface area contributed by atoms with Crippen LogP contribution >= 0.6 is 11.6 Å². The van der Waals surface area contributed by atoms with E-state index in [0.29, 0.717) is 0 Å². The van der Waals surface area contributed by atoms with Crippen molar-refractivity contribution in [2.45, 2.75) is 13.1 Å². The standard InChI is InChI=1S/C9H8ClF3N2O/c1-2-3-4-16-7-5-6(10)14-8(15-7)9(11,12)13/h2-3,5H,4H2,1H3/b3-2+. The normalized spacial score (nSPS) is 12.1. The summed E-state index contributed by atoms with van der Waals surface area (Å²) in [7, 11) is 0. The van der Waals surface area contributed by atoms with Crippen molar-refractivity contribution in [3.63, 3.8) is 0 Å². The van der Waals surface area contributed by atoms with Gasteiger partial charge in [-0.05, 0) is 6.92 Å². The summed E-state index contributed by atoms with van der Waals surface area (Å²) in [5.41, 5.74) is 0. The van der Waals surface area contributed by atoms with Crippen LogP contribution in [0.1, 0.15) is 12.7 Å². The second kappa shape index (κ2) is 5.16. The second-order valence-electron chi connectivity index (χ2n) is 2.73. The first-order valence-corrected chi connectivity index (χ1v) is 4.67. The molecule has 0 N–H and O–H groups in total. The highest BCUT2D eigenvalue weighted by Crippen LogP contribution is 2.28. The maximum absolute atomic E-state index is 12.3. The van der Waals surface area contributed by atoms with Crippen LogP contribution in [-0.4, -0.2) is 16.6 Å². The molecule has 7 heteroatoms. The molecule has 3 nitrogen and oxygen atoms in total. The van der Waals surface area contributed by atoms with Crippen molar-refractivity contribution >= 4 is 11.6 Å². The van der Waals surface area contributed by atoms with Gasteiger partial charge in [0.25, 0.3) is 0 Å². The first kappa shape index (κ1) is 12.8. The van der Waals surface area contributed by atoms with Crippen LogP contribution in [0.5, 0.6) is 5.88 Å². The molecular weight excluding hydrogens is 245 g/mol. The van der Waals surface area contributed by atoms with Gasteiger partial charge in [0.2, 0.25) is 11.7 Å². The number of hydrogen-bond acceptors (Lipinski definition) is 3. The van der Waals surface area contributed by atoms with E-state index in [1.54, 1.807) is 19.1 Å². The Hall–Kier alpha value is -1.30. The van der Waals surface area contributed by atoms with Crippen molar-refractivity contribution in [3.8, 4) is 5.88 Å². The van der Waals surface area contributed by atoms with Gasteiger partial charge >= 0.3 is 6.18 Å². The average molecular weight is 253 g/mol. The molecule has 0 unspecified atom stereocenters. The second-order valence-corrected chi connectivity index (χ2v) is 3.12. The molecule has 0 bridgehead atoms. The van der Waals surface area contributed by atoms with Crippen LogP contribution in [0, 0.1) is 0 Å². The Morgan fingerprint density at radius 2 is 2.12 bits per heavy atom. The van der Waals surface area contributed by atoms with Crippen LogP contribution in [0.15, 0.2) is 18.2 Å².